The lowest BCUT2D eigenvalue weighted by atomic mass is 10.3. The van der Waals surface area contributed by atoms with Crippen molar-refractivity contribution in [2.45, 2.75) is 11.7 Å². The zero-order valence-electron chi connectivity index (χ0n) is 13.5. The summed E-state index contributed by atoms with van der Waals surface area (Å²) >= 11 is 12.4. The summed E-state index contributed by atoms with van der Waals surface area (Å²) in [6.07, 6.45) is 1.78. The smallest absolute Gasteiger partial charge is 0.234 e. The van der Waals surface area contributed by atoms with Crippen LogP contribution in [0.1, 0.15) is 0 Å². The number of hydrogen-bond donors (Lipinski definition) is 1. The maximum absolute atomic E-state index is 12.2. The summed E-state index contributed by atoms with van der Waals surface area (Å²) in [6, 6.07) is 9.27. The fourth-order valence-corrected chi connectivity index (χ4v) is 4.37. The lowest BCUT2D eigenvalue weighted by Crippen LogP contribution is -2.15. The van der Waals surface area contributed by atoms with Crippen molar-refractivity contribution < 1.29 is 4.79 Å². The van der Waals surface area contributed by atoms with Crippen LogP contribution in [0.2, 0.25) is 5.02 Å². The minimum Gasteiger partial charge on any atom is -0.324 e. The molecule has 0 saturated heterocycles. The first kappa shape index (κ1) is 19.2. The quantitative estimate of drug-likeness (QED) is 0.375. The van der Waals surface area contributed by atoms with E-state index in [1.54, 1.807) is 29.5 Å². The summed E-state index contributed by atoms with van der Waals surface area (Å²) < 4.78 is 2.80. The third-order valence-corrected chi connectivity index (χ3v) is 5.95. The molecule has 0 saturated carbocycles. The zero-order valence-corrected chi connectivity index (χ0v) is 17.5. The molecule has 3 aromatic rings. The molecule has 134 valence electrons. The number of carbonyl (C=O) groups is 1. The average molecular weight is 470 g/mol. The molecule has 0 spiro atoms. The molecule has 26 heavy (non-hydrogen) atoms. The minimum absolute atomic E-state index is 0.162. The molecule has 2 aromatic heterocycles. The molecule has 0 aliphatic rings. The largest absolute Gasteiger partial charge is 0.324 e. The van der Waals surface area contributed by atoms with E-state index in [1.165, 1.54) is 11.8 Å². The van der Waals surface area contributed by atoms with Crippen molar-refractivity contribution in [3.05, 3.63) is 57.9 Å². The third-order valence-electron chi connectivity index (χ3n) is 3.31. The molecule has 0 atom stereocenters. The summed E-state index contributed by atoms with van der Waals surface area (Å²) in [5.74, 6) is 0.815. The molecular formula is C17H14BrClN4OS2. The first-order chi connectivity index (χ1) is 12.6. The second kappa shape index (κ2) is 8.85. The Morgan fingerprint density at radius 2 is 2.27 bits per heavy atom. The van der Waals surface area contributed by atoms with Crippen molar-refractivity contribution in [2.24, 2.45) is 0 Å². The van der Waals surface area contributed by atoms with Gasteiger partial charge in [-0.05, 0) is 29.6 Å². The van der Waals surface area contributed by atoms with E-state index in [-0.39, 0.29) is 11.7 Å². The van der Waals surface area contributed by atoms with E-state index in [0.717, 1.165) is 15.2 Å². The Morgan fingerprint density at radius 1 is 1.42 bits per heavy atom. The van der Waals surface area contributed by atoms with Gasteiger partial charge in [0, 0.05) is 11.0 Å². The van der Waals surface area contributed by atoms with Gasteiger partial charge in [-0.3, -0.25) is 9.36 Å². The molecule has 0 radical (unpaired) electrons. The monoisotopic (exact) mass is 468 g/mol. The van der Waals surface area contributed by atoms with Gasteiger partial charge < -0.3 is 5.32 Å². The van der Waals surface area contributed by atoms with E-state index >= 15 is 0 Å². The molecule has 9 heteroatoms. The van der Waals surface area contributed by atoms with Crippen LogP contribution in [0.5, 0.6) is 0 Å². The number of amides is 1. The van der Waals surface area contributed by atoms with Crippen molar-refractivity contribution >= 4 is 62.2 Å². The Hall–Kier alpha value is -1.61. The van der Waals surface area contributed by atoms with Crippen molar-refractivity contribution in [1.82, 2.24) is 14.8 Å². The van der Waals surface area contributed by atoms with Crippen molar-refractivity contribution in [3.63, 3.8) is 0 Å². The van der Waals surface area contributed by atoms with Crippen LogP contribution in [0.4, 0.5) is 5.69 Å². The first-order valence-corrected chi connectivity index (χ1v) is 10.6. The molecular weight excluding hydrogens is 456 g/mol. The molecule has 1 aromatic carbocycles. The van der Waals surface area contributed by atoms with E-state index in [9.17, 15) is 4.79 Å². The number of carbonyl (C=O) groups excluding carboxylic acids is 1. The van der Waals surface area contributed by atoms with Gasteiger partial charge in [0.05, 0.1) is 21.3 Å². The topological polar surface area (TPSA) is 59.8 Å². The maximum Gasteiger partial charge on any atom is 0.234 e. The predicted octanol–water partition coefficient (Wildman–Crippen LogP) is 5.34. The van der Waals surface area contributed by atoms with Gasteiger partial charge >= 0.3 is 0 Å². The van der Waals surface area contributed by atoms with Crippen LogP contribution < -0.4 is 5.32 Å². The van der Waals surface area contributed by atoms with E-state index in [1.807, 2.05) is 28.1 Å². The summed E-state index contributed by atoms with van der Waals surface area (Å²) in [5.41, 5.74) is 0.576. The van der Waals surface area contributed by atoms with Gasteiger partial charge in [-0.1, -0.05) is 51.4 Å². The van der Waals surface area contributed by atoms with Gasteiger partial charge in [0.25, 0.3) is 0 Å². The number of rotatable bonds is 7. The SMILES string of the molecule is C=CCn1c(SCC(=O)Nc2ccc(Br)cc2Cl)nnc1-c1cccs1. The van der Waals surface area contributed by atoms with Crippen LogP contribution in [-0.4, -0.2) is 26.4 Å². The maximum atomic E-state index is 12.2. The van der Waals surface area contributed by atoms with E-state index in [0.29, 0.717) is 22.4 Å². The number of thioether (sulfide) groups is 1. The Labute approximate surface area is 172 Å². The van der Waals surface area contributed by atoms with E-state index in [4.69, 9.17) is 11.6 Å². The molecule has 0 bridgehead atoms. The van der Waals surface area contributed by atoms with Crippen molar-refractivity contribution in [3.8, 4) is 10.7 Å². The standard InChI is InChI=1S/C17H14BrClN4OS2/c1-2-7-23-16(14-4-3-8-25-14)21-22-17(23)26-10-15(24)20-13-6-5-11(18)9-12(13)19/h2-6,8-9H,1,7,10H2,(H,20,24). The number of halogens is 2. The van der Waals surface area contributed by atoms with Crippen LogP contribution in [-0.2, 0) is 11.3 Å². The fourth-order valence-electron chi connectivity index (χ4n) is 2.18. The highest BCUT2D eigenvalue weighted by Gasteiger charge is 2.16. The molecule has 5 nitrogen and oxygen atoms in total. The molecule has 0 unspecified atom stereocenters. The van der Waals surface area contributed by atoms with Crippen molar-refractivity contribution in [2.75, 3.05) is 11.1 Å². The van der Waals surface area contributed by atoms with Crippen LogP contribution in [0.25, 0.3) is 10.7 Å². The minimum atomic E-state index is -0.162. The van der Waals surface area contributed by atoms with Gasteiger partial charge in [-0.2, -0.15) is 0 Å². The summed E-state index contributed by atoms with van der Waals surface area (Å²) in [6.45, 7) is 4.36. The van der Waals surface area contributed by atoms with Crippen LogP contribution in [0, 0.1) is 0 Å². The number of nitrogens with one attached hydrogen (secondary N) is 1. The highest BCUT2D eigenvalue weighted by atomic mass is 79.9. The first-order valence-electron chi connectivity index (χ1n) is 7.54. The van der Waals surface area contributed by atoms with Crippen LogP contribution in [0.3, 0.4) is 0 Å². The summed E-state index contributed by atoms with van der Waals surface area (Å²) in [5, 5.41) is 14.4. The molecule has 1 N–H and O–H groups in total. The van der Waals surface area contributed by atoms with Gasteiger partial charge in [0.2, 0.25) is 5.91 Å². The lowest BCUT2D eigenvalue weighted by Gasteiger charge is -2.08. The van der Waals surface area contributed by atoms with Gasteiger partial charge in [0.15, 0.2) is 11.0 Å². The normalized spacial score (nSPS) is 10.7. The highest BCUT2D eigenvalue weighted by molar-refractivity contribution is 9.10. The predicted molar refractivity (Wildman–Crippen MR) is 112 cm³/mol. The van der Waals surface area contributed by atoms with E-state index in [2.05, 4.69) is 38.0 Å². The number of thiophene rings is 1. The molecule has 3 rings (SSSR count). The number of allylic oxidation sites excluding steroid dienone is 1. The Balaban J connectivity index is 1.69. The van der Waals surface area contributed by atoms with Gasteiger partial charge in [-0.15, -0.1) is 28.1 Å². The summed E-state index contributed by atoms with van der Waals surface area (Å²) in [7, 11) is 0. The Morgan fingerprint density at radius 3 is 2.96 bits per heavy atom. The lowest BCUT2D eigenvalue weighted by molar-refractivity contribution is -0.113. The molecule has 2 heterocycles. The van der Waals surface area contributed by atoms with Gasteiger partial charge in [0.1, 0.15) is 0 Å². The number of nitrogens with zero attached hydrogens (tertiary/aromatic N) is 3. The fraction of sp³-hybridized carbons (Fsp3) is 0.118. The highest BCUT2D eigenvalue weighted by Crippen LogP contribution is 2.28. The number of aromatic nitrogens is 3. The van der Waals surface area contributed by atoms with E-state index < -0.39 is 0 Å². The van der Waals surface area contributed by atoms with Crippen LogP contribution >= 0.6 is 50.6 Å². The second-order valence-corrected chi connectivity index (χ2v) is 8.36. The molecule has 0 fully saturated rings. The third kappa shape index (κ3) is 4.56. The molecule has 1 amide bonds. The average Bonchev–Trinajstić information content (AvgIpc) is 3.26. The molecule has 0 aliphatic carbocycles. The van der Waals surface area contributed by atoms with Crippen LogP contribution in [0.15, 0.2) is 58.0 Å². The number of anilines is 1. The Kier molecular flexibility index (Phi) is 6.53. The van der Waals surface area contributed by atoms with Gasteiger partial charge in [-0.25, -0.2) is 0 Å². The van der Waals surface area contributed by atoms with Crippen molar-refractivity contribution in [1.29, 1.82) is 0 Å². The number of hydrogen-bond acceptors (Lipinski definition) is 5. The zero-order chi connectivity index (χ0) is 18.5. The molecule has 0 aliphatic heterocycles. The summed E-state index contributed by atoms with van der Waals surface area (Å²) in [4.78, 5) is 13.3. The second-order valence-electron chi connectivity index (χ2n) is 5.14. The Bertz CT molecular complexity index is 927. The number of benzene rings is 1.